The molecule has 1 aromatic rings. The molecule has 0 aromatic heterocycles. The normalized spacial score (nSPS) is 11.8. The number of hydrogen-bond acceptors (Lipinski definition) is 2. The van der Waals surface area contributed by atoms with Gasteiger partial charge in [-0.2, -0.15) is 13.2 Å². The van der Waals surface area contributed by atoms with Gasteiger partial charge in [0.15, 0.2) is 0 Å². The van der Waals surface area contributed by atoms with Crippen molar-refractivity contribution in [2.24, 2.45) is 0 Å². The van der Waals surface area contributed by atoms with Crippen LogP contribution < -0.4 is 5.32 Å². The van der Waals surface area contributed by atoms with E-state index >= 15 is 0 Å². The SMILES string of the molecule is CCCNCc1ccc(SCCCC(F)(F)F)cc1. The van der Waals surface area contributed by atoms with Gasteiger partial charge in [0.25, 0.3) is 0 Å². The maximum atomic E-state index is 12.0. The molecule has 1 aromatic carbocycles. The summed E-state index contributed by atoms with van der Waals surface area (Å²) in [6.07, 6.45) is -3.45. The molecule has 1 N–H and O–H groups in total. The molecule has 19 heavy (non-hydrogen) atoms. The lowest BCUT2D eigenvalue weighted by Crippen LogP contribution is -2.13. The second-order valence-electron chi connectivity index (χ2n) is 4.39. The molecule has 0 heterocycles. The molecule has 1 rings (SSSR count). The van der Waals surface area contributed by atoms with Gasteiger partial charge in [0.05, 0.1) is 0 Å². The highest BCUT2D eigenvalue weighted by Gasteiger charge is 2.25. The van der Waals surface area contributed by atoms with Crippen LogP contribution >= 0.6 is 11.8 Å². The smallest absolute Gasteiger partial charge is 0.313 e. The first-order valence-electron chi connectivity index (χ1n) is 6.50. The van der Waals surface area contributed by atoms with Crippen LogP contribution in [-0.4, -0.2) is 18.5 Å². The van der Waals surface area contributed by atoms with Gasteiger partial charge in [-0.25, -0.2) is 0 Å². The Morgan fingerprint density at radius 1 is 1.16 bits per heavy atom. The molecule has 0 bridgehead atoms. The van der Waals surface area contributed by atoms with Gasteiger partial charge < -0.3 is 5.32 Å². The van der Waals surface area contributed by atoms with E-state index in [1.807, 2.05) is 24.3 Å². The Morgan fingerprint density at radius 3 is 2.42 bits per heavy atom. The molecule has 0 aliphatic rings. The number of benzene rings is 1. The van der Waals surface area contributed by atoms with Crippen LogP contribution in [0.5, 0.6) is 0 Å². The third-order valence-corrected chi connectivity index (χ3v) is 3.65. The van der Waals surface area contributed by atoms with Gasteiger partial charge in [0, 0.05) is 17.9 Å². The van der Waals surface area contributed by atoms with E-state index in [9.17, 15) is 13.2 Å². The Labute approximate surface area is 117 Å². The summed E-state index contributed by atoms with van der Waals surface area (Å²) < 4.78 is 35.9. The average Bonchev–Trinajstić information content (AvgIpc) is 2.36. The quantitative estimate of drug-likeness (QED) is 0.554. The maximum Gasteiger partial charge on any atom is 0.389 e. The van der Waals surface area contributed by atoms with Crippen LogP contribution in [0, 0.1) is 0 Å². The highest BCUT2D eigenvalue weighted by atomic mass is 32.2. The molecule has 0 unspecified atom stereocenters. The average molecular weight is 291 g/mol. The van der Waals surface area contributed by atoms with Gasteiger partial charge >= 0.3 is 6.18 Å². The number of halogens is 3. The number of rotatable bonds is 8. The summed E-state index contributed by atoms with van der Waals surface area (Å²) in [4.78, 5) is 1.03. The van der Waals surface area contributed by atoms with E-state index < -0.39 is 12.6 Å². The summed E-state index contributed by atoms with van der Waals surface area (Å²) in [5, 5.41) is 3.31. The zero-order valence-corrected chi connectivity index (χ0v) is 11.9. The van der Waals surface area contributed by atoms with Crippen molar-refractivity contribution in [3.05, 3.63) is 29.8 Å². The lowest BCUT2D eigenvalue weighted by atomic mass is 10.2. The first-order chi connectivity index (χ1) is 9.01. The van der Waals surface area contributed by atoms with Crippen LogP contribution in [-0.2, 0) is 6.54 Å². The van der Waals surface area contributed by atoms with E-state index in [4.69, 9.17) is 0 Å². The molecule has 0 amide bonds. The highest BCUT2D eigenvalue weighted by molar-refractivity contribution is 7.99. The fourth-order valence-corrected chi connectivity index (χ4v) is 2.43. The van der Waals surface area contributed by atoms with Crippen molar-refractivity contribution in [1.82, 2.24) is 5.32 Å². The predicted octanol–water partition coefficient (Wildman–Crippen LogP) is 4.62. The number of hydrogen-bond donors (Lipinski definition) is 1. The summed E-state index contributed by atoms with van der Waals surface area (Å²) in [5.74, 6) is 0.507. The first kappa shape index (κ1) is 16.4. The fourth-order valence-electron chi connectivity index (χ4n) is 1.58. The van der Waals surface area contributed by atoms with Crippen molar-refractivity contribution in [3.8, 4) is 0 Å². The summed E-state index contributed by atoms with van der Waals surface area (Å²) in [6.45, 7) is 3.95. The lowest BCUT2D eigenvalue weighted by Gasteiger charge is -2.07. The van der Waals surface area contributed by atoms with Crippen molar-refractivity contribution in [3.63, 3.8) is 0 Å². The summed E-state index contributed by atoms with van der Waals surface area (Å²) >= 11 is 1.48. The molecule has 0 aliphatic heterocycles. The number of nitrogens with one attached hydrogen (secondary N) is 1. The predicted molar refractivity (Wildman–Crippen MR) is 74.5 cm³/mol. The Bertz CT molecular complexity index is 349. The largest absolute Gasteiger partial charge is 0.389 e. The minimum absolute atomic E-state index is 0.175. The Morgan fingerprint density at radius 2 is 1.84 bits per heavy atom. The van der Waals surface area contributed by atoms with E-state index in [0.717, 1.165) is 24.4 Å². The maximum absolute atomic E-state index is 12.0. The number of thioether (sulfide) groups is 1. The molecular formula is C14H20F3NS. The standard InChI is InChI=1S/C14H20F3NS/c1-2-9-18-11-12-4-6-13(7-5-12)19-10-3-8-14(15,16)17/h4-7,18H,2-3,8-11H2,1H3. The van der Waals surface area contributed by atoms with E-state index in [0.29, 0.717) is 5.75 Å². The molecule has 0 spiro atoms. The van der Waals surface area contributed by atoms with Gasteiger partial charge in [0.1, 0.15) is 0 Å². The molecule has 0 fully saturated rings. The Balaban J connectivity index is 2.24. The van der Waals surface area contributed by atoms with Gasteiger partial charge in [-0.1, -0.05) is 19.1 Å². The third kappa shape index (κ3) is 8.16. The Hall–Kier alpha value is -0.680. The molecule has 0 radical (unpaired) electrons. The zero-order chi connectivity index (χ0) is 14.1. The van der Waals surface area contributed by atoms with Crippen molar-refractivity contribution < 1.29 is 13.2 Å². The van der Waals surface area contributed by atoms with Crippen molar-refractivity contribution in [2.45, 2.75) is 43.8 Å². The van der Waals surface area contributed by atoms with Crippen LogP contribution in [0.15, 0.2) is 29.2 Å². The first-order valence-corrected chi connectivity index (χ1v) is 7.49. The van der Waals surface area contributed by atoms with Crippen molar-refractivity contribution in [1.29, 1.82) is 0 Å². The van der Waals surface area contributed by atoms with Crippen LogP contribution in [0.1, 0.15) is 31.7 Å². The lowest BCUT2D eigenvalue weighted by molar-refractivity contribution is -0.134. The van der Waals surface area contributed by atoms with Crippen molar-refractivity contribution >= 4 is 11.8 Å². The molecule has 0 saturated heterocycles. The summed E-state index contributed by atoms with van der Waals surface area (Å²) in [5.41, 5.74) is 1.20. The van der Waals surface area contributed by atoms with E-state index in [1.165, 1.54) is 17.3 Å². The van der Waals surface area contributed by atoms with Crippen LogP contribution in [0.2, 0.25) is 0 Å². The fraction of sp³-hybridized carbons (Fsp3) is 0.571. The van der Waals surface area contributed by atoms with Crippen LogP contribution in [0.4, 0.5) is 13.2 Å². The molecule has 5 heteroatoms. The van der Waals surface area contributed by atoms with Gasteiger partial charge in [-0.05, 0) is 42.8 Å². The van der Waals surface area contributed by atoms with E-state index in [-0.39, 0.29) is 6.42 Å². The van der Waals surface area contributed by atoms with E-state index in [2.05, 4.69) is 12.2 Å². The van der Waals surface area contributed by atoms with E-state index in [1.54, 1.807) is 0 Å². The molecule has 1 nitrogen and oxygen atoms in total. The second kappa shape index (κ2) is 8.48. The van der Waals surface area contributed by atoms with Crippen molar-refractivity contribution in [2.75, 3.05) is 12.3 Å². The van der Waals surface area contributed by atoms with Crippen LogP contribution in [0.3, 0.4) is 0 Å². The highest BCUT2D eigenvalue weighted by Crippen LogP contribution is 2.25. The van der Waals surface area contributed by atoms with Crippen LogP contribution in [0.25, 0.3) is 0 Å². The third-order valence-electron chi connectivity index (χ3n) is 2.55. The van der Waals surface area contributed by atoms with Gasteiger partial charge in [-0.15, -0.1) is 11.8 Å². The number of alkyl halides is 3. The molecule has 108 valence electrons. The molecule has 0 aliphatic carbocycles. The topological polar surface area (TPSA) is 12.0 Å². The minimum Gasteiger partial charge on any atom is -0.313 e. The molecule has 0 saturated carbocycles. The van der Waals surface area contributed by atoms with Gasteiger partial charge in [-0.3, -0.25) is 0 Å². The Kier molecular flexibility index (Phi) is 7.31. The monoisotopic (exact) mass is 291 g/mol. The summed E-state index contributed by atoms with van der Waals surface area (Å²) in [7, 11) is 0. The van der Waals surface area contributed by atoms with Gasteiger partial charge in [0.2, 0.25) is 0 Å². The second-order valence-corrected chi connectivity index (χ2v) is 5.56. The zero-order valence-electron chi connectivity index (χ0n) is 11.1. The summed E-state index contributed by atoms with van der Waals surface area (Å²) in [6, 6.07) is 7.99. The molecular weight excluding hydrogens is 271 g/mol. The molecule has 0 atom stereocenters. The minimum atomic E-state index is -4.03.